The molecule has 2 aliphatic heterocycles. The maximum absolute atomic E-state index is 12.8. The summed E-state index contributed by atoms with van der Waals surface area (Å²) in [5.41, 5.74) is 3.15. The van der Waals surface area contributed by atoms with Crippen molar-refractivity contribution < 1.29 is 14.3 Å². The molecule has 2 N–H and O–H groups in total. The molecule has 0 aliphatic carbocycles. The van der Waals surface area contributed by atoms with Crippen molar-refractivity contribution in [2.24, 2.45) is 5.92 Å². The summed E-state index contributed by atoms with van der Waals surface area (Å²) in [4.78, 5) is 27.4. The van der Waals surface area contributed by atoms with E-state index < -0.39 is 6.04 Å². The highest BCUT2D eigenvalue weighted by molar-refractivity contribution is 5.95. The topological polar surface area (TPSA) is 70.7 Å². The van der Waals surface area contributed by atoms with Gasteiger partial charge in [0, 0.05) is 18.8 Å². The number of benzene rings is 1. The second kappa shape index (κ2) is 8.57. The lowest BCUT2D eigenvalue weighted by Crippen LogP contribution is -2.49. The molecule has 0 radical (unpaired) electrons. The van der Waals surface area contributed by atoms with Gasteiger partial charge in [0.1, 0.15) is 0 Å². The van der Waals surface area contributed by atoms with Crippen LogP contribution in [0.5, 0.6) is 0 Å². The summed E-state index contributed by atoms with van der Waals surface area (Å²) >= 11 is 0. The van der Waals surface area contributed by atoms with E-state index in [0.717, 1.165) is 30.6 Å². The number of amides is 2. The van der Waals surface area contributed by atoms with Gasteiger partial charge < -0.3 is 15.4 Å². The number of likely N-dealkylation sites (tertiary alicyclic amines) is 1. The van der Waals surface area contributed by atoms with Gasteiger partial charge in [-0.25, -0.2) is 9.59 Å². The van der Waals surface area contributed by atoms with Crippen molar-refractivity contribution in [2.45, 2.75) is 39.7 Å². The molecule has 0 aromatic heterocycles. The largest absolute Gasteiger partial charge is 0.463 e. The number of aryl methyl sites for hydroxylation is 1. The van der Waals surface area contributed by atoms with E-state index in [4.69, 9.17) is 4.74 Å². The number of nitrogens with zero attached hydrogens (tertiary/aromatic N) is 1. The van der Waals surface area contributed by atoms with Gasteiger partial charge in [0.2, 0.25) is 0 Å². The number of carbonyl (C=O) groups is 2. The Morgan fingerprint density at radius 1 is 1.30 bits per heavy atom. The Labute approximate surface area is 161 Å². The van der Waals surface area contributed by atoms with Crippen LogP contribution in [0.3, 0.4) is 0 Å². The number of ether oxygens (including phenoxy) is 1. The molecule has 2 atom stereocenters. The van der Waals surface area contributed by atoms with E-state index in [2.05, 4.69) is 22.5 Å². The molecule has 3 rings (SSSR count). The first-order valence-electron chi connectivity index (χ1n) is 9.74. The second-order valence-corrected chi connectivity index (χ2v) is 7.54. The lowest BCUT2D eigenvalue weighted by atomic mass is 9.93. The highest BCUT2D eigenvalue weighted by Crippen LogP contribution is 2.29. The van der Waals surface area contributed by atoms with Gasteiger partial charge in [0.05, 0.1) is 18.2 Å². The standard InChI is InChI=1S/C21H29N3O3/c1-4-27-20(25)18-17(13-24-11-5-6-15(3)12-24)22-21(26)23-19(18)16-9-7-14(2)8-10-16/h7-10,15,19H,4-6,11-13H2,1-3H3,(H2,22,23,26)/t15-,19+/m1/s1. The van der Waals surface area contributed by atoms with Crippen LogP contribution < -0.4 is 10.6 Å². The summed E-state index contributed by atoms with van der Waals surface area (Å²) in [6.07, 6.45) is 2.36. The number of rotatable bonds is 5. The third-order valence-corrected chi connectivity index (χ3v) is 5.18. The zero-order valence-corrected chi connectivity index (χ0v) is 16.4. The predicted octanol–water partition coefficient (Wildman–Crippen LogP) is 2.90. The van der Waals surface area contributed by atoms with Gasteiger partial charge in [0.15, 0.2) is 0 Å². The summed E-state index contributed by atoms with van der Waals surface area (Å²) in [6, 6.07) is 7.08. The first kappa shape index (κ1) is 19.4. The Morgan fingerprint density at radius 3 is 2.70 bits per heavy atom. The fourth-order valence-electron chi connectivity index (χ4n) is 3.86. The number of urea groups is 1. The lowest BCUT2D eigenvalue weighted by Gasteiger charge is -2.35. The first-order chi connectivity index (χ1) is 13.0. The fourth-order valence-corrected chi connectivity index (χ4v) is 3.86. The van der Waals surface area contributed by atoms with Crippen LogP contribution in [-0.2, 0) is 9.53 Å². The second-order valence-electron chi connectivity index (χ2n) is 7.54. The third-order valence-electron chi connectivity index (χ3n) is 5.18. The van der Waals surface area contributed by atoms with Crippen molar-refractivity contribution in [3.63, 3.8) is 0 Å². The summed E-state index contributed by atoms with van der Waals surface area (Å²) in [5, 5.41) is 5.76. The van der Waals surface area contributed by atoms with Crippen LogP contribution in [0.1, 0.15) is 43.9 Å². The molecule has 1 aromatic carbocycles. The monoisotopic (exact) mass is 371 g/mol. The minimum atomic E-state index is -0.504. The molecule has 0 saturated carbocycles. The van der Waals surface area contributed by atoms with Crippen LogP contribution in [0.2, 0.25) is 0 Å². The molecular weight excluding hydrogens is 342 g/mol. The first-order valence-corrected chi connectivity index (χ1v) is 9.74. The quantitative estimate of drug-likeness (QED) is 0.781. The average molecular weight is 371 g/mol. The summed E-state index contributed by atoms with van der Waals surface area (Å²) < 4.78 is 5.33. The SMILES string of the molecule is CCOC(=O)C1=C(CN2CCC[C@@H](C)C2)NC(=O)N[C@H]1c1ccc(C)cc1. The molecule has 0 unspecified atom stereocenters. The van der Waals surface area contributed by atoms with E-state index in [1.807, 2.05) is 31.2 Å². The Bertz CT molecular complexity index is 727. The minimum absolute atomic E-state index is 0.284. The zero-order valence-electron chi connectivity index (χ0n) is 16.4. The van der Waals surface area contributed by atoms with Crippen LogP contribution >= 0.6 is 0 Å². The van der Waals surface area contributed by atoms with Crippen molar-refractivity contribution in [3.05, 3.63) is 46.7 Å². The van der Waals surface area contributed by atoms with Gasteiger partial charge in [-0.05, 0) is 44.7 Å². The van der Waals surface area contributed by atoms with Crippen molar-refractivity contribution in [3.8, 4) is 0 Å². The number of hydrogen-bond acceptors (Lipinski definition) is 4. The van der Waals surface area contributed by atoms with Crippen molar-refractivity contribution in [2.75, 3.05) is 26.2 Å². The molecule has 0 spiro atoms. The molecule has 6 nitrogen and oxygen atoms in total. The normalized spacial score (nSPS) is 23.6. The summed E-state index contributed by atoms with van der Waals surface area (Å²) in [7, 11) is 0. The Hall–Kier alpha value is -2.34. The molecule has 2 aliphatic rings. The van der Waals surface area contributed by atoms with E-state index in [0.29, 0.717) is 30.3 Å². The van der Waals surface area contributed by atoms with Crippen molar-refractivity contribution in [1.29, 1.82) is 0 Å². The van der Waals surface area contributed by atoms with Gasteiger partial charge in [-0.1, -0.05) is 36.8 Å². The minimum Gasteiger partial charge on any atom is -0.463 e. The van der Waals surface area contributed by atoms with E-state index in [-0.39, 0.29) is 12.0 Å². The summed E-state index contributed by atoms with van der Waals surface area (Å²) in [5.74, 6) is 0.242. The molecule has 146 valence electrons. The van der Waals surface area contributed by atoms with Crippen LogP contribution in [0.15, 0.2) is 35.5 Å². The van der Waals surface area contributed by atoms with E-state index in [1.165, 1.54) is 6.42 Å². The van der Waals surface area contributed by atoms with Gasteiger partial charge >= 0.3 is 12.0 Å². The van der Waals surface area contributed by atoms with Crippen LogP contribution in [0.25, 0.3) is 0 Å². The van der Waals surface area contributed by atoms with E-state index >= 15 is 0 Å². The number of hydrogen-bond donors (Lipinski definition) is 2. The third kappa shape index (κ3) is 4.69. The van der Waals surface area contributed by atoms with Crippen LogP contribution in [-0.4, -0.2) is 43.1 Å². The van der Waals surface area contributed by atoms with E-state index in [1.54, 1.807) is 6.92 Å². The van der Waals surface area contributed by atoms with Crippen molar-refractivity contribution in [1.82, 2.24) is 15.5 Å². The molecule has 1 fully saturated rings. The van der Waals surface area contributed by atoms with Crippen LogP contribution in [0, 0.1) is 12.8 Å². The molecule has 0 bridgehead atoms. The zero-order chi connectivity index (χ0) is 19.4. The molecule has 1 aromatic rings. The number of nitrogens with one attached hydrogen (secondary N) is 2. The number of piperidine rings is 1. The Balaban J connectivity index is 1.96. The maximum Gasteiger partial charge on any atom is 0.338 e. The highest BCUT2D eigenvalue weighted by atomic mass is 16.5. The van der Waals surface area contributed by atoms with Gasteiger partial charge in [-0.3, -0.25) is 4.90 Å². The Morgan fingerprint density at radius 2 is 2.04 bits per heavy atom. The molecule has 27 heavy (non-hydrogen) atoms. The predicted molar refractivity (Wildman–Crippen MR) is 104 cm³/mol. The smallest absolute Gasteiger partial charge is 0.338 e. The molecule has 1 saturated heterocycles. The van der Waals surface area contributed by atoms with E-state index in [9.17, 15) is 9.59 Å². The fraction of sp³-hybridized carbons (Fsp3) is 0.524. The maximum atomic E-state index is 12.8. The molecule has 6 heteroatoms. The number of carbonyl (C=O) groups excluding carboxylic acids is 2. The van der Waals surface area contributed by atoms with Gasteiger partial charge in [-0.2, -0.15) is 0 Å². The summed E-state index contributed by atoms with van der Waals surface area (Å²) in [6.45, 7) is 8.83. The van der Waals surface area contributed by atoms with Crippen LogP contribution in [0.4, 0.5) is 4.79 Å². The molecular formula is C21H29N3O3. The highest BCUT2D eigenvalue weighted by Gasteiger charge is 2.34. The van der Waals surface area contributed by atoms with Crippen molar-refractivity contribution >= 4 is 12.0 Å². The number of esters is 1. The average Bonchev–Trinajstić information content (AvgIpc) is 2.62. The molecule has 2 amide bonds. The molecule has 2 heterocycles. The van der Waals surface area contributed by atoms with Gasteiger partial charge in [-0.15, -0.1) is 0 Å². The lowest BCUT2D eigenvalue weighted by molar-refractivity contribution is -0.139. The van der Waals surface area contributed by atoms with Gasteiger partial charge in [0.25, 0.3) is 0 Å². The Kier molecular flexibility index (Phi) is 6.16.